The number of aliphatic hydroxyl groups is 1. The molecule has 0 aliphatic heterocycles. The second-order valence-electron chi connectivity index (χ2n) is 2.93. The standard InChI is InChI=1S/C9H10FNO3/c1-9(13,8(12)14-2)7-4-3-6(10)5-11-7/h3-5,13H,1-2H3. The zero-order valence-electron chi connectivity index (χ0n) is 7.82. The Bertz CT molecular complexity index is 334. The van der Waals surface area contributed by atoms with Gasteiger partial charge in [-0.1, -0.05) is 0 Å². The summed E-state index contributed by atoms with van der Waals surface area (Å²) >= 11 is 0. The van der Waals surface area contributed by atoms with Gasteiger partial charge in [0.05, 0.1) is 19.0 Å². The maximum Gasteiger partial charge on any atom is 0.343 e. The predicted octanol–water partition coefficient (Wildman–Crippen LogP) is 0.601. The smallest absolute Gasteiger partial charge is 0.343 e. The van der Waals surface area contributed by atoms with E-state index < -0.39 is 17.4 Å². The molecule has 0 saturated carbocycles. The average Bonchev–Trinajstić information content (AvgIpc) is 2.17. The van der Waals surface area contributed by atoms with Gasteiger partial charge in [0.1, 0.15) is 5.82 Å². The molecule has 1 aromatic heterocycles. The highest BCUT2D eigenvalue weighted by Crippen LogP contribution is 2.19. The first-order valence-corrected chi connectivity index (χ1v) is 3.91. The summed E-state index contributed by atoms with van der Waals surface area (Å²) in [6.45, 7) is 1.24. The van der Waals surface area contributed by atoms with E-state index in [1.54, 1.807) is 0 Å². The zero-order valence-corrected chi connectivity index (χ0v) is 7.82. The molecule has 0 saturated heterocycles. The summed E-state index contributed by atoms with van der Waals surface area (Å²) in [7, 11) is 1.15. The van der Waals surface area contributed by atoms with Crippen molar-refractivity contribution < 1.29 is 19.0 Å². The van der Waals surface area contributed by atoms with Gasteiger partial charge < -0.3 is 9.84 Å². The van der Waals surface area contributed by atoms with E-state index in [1.807, 2.05) is 0 Å². The van der Waals surface area contributed by atoms with Crippen LogP contribution < -0.4 is 0 Å². The highest BCUT2D eigenvalue weighted by Gasteiger charge is 2.35. The van der Waals surface area contributed by atoms with Crippen molar-refractivity contribution in [2.24, 2.45) is 0 Å². The van der Waals surface area contributed by atoms with E-state index in [2.05, 4.69) is 9.72 Å². The number of hydrogen-bond acceptors (Lipinski definition) is 4. The van der Waals surface area contributed by atoms with Gasteiger partial charge in [-0.2, -0.15) is 0 Å². The Hall–Kier alpha value is -1.49. The third-order valence-corrected chi connectivity index (χ3v) is 1.81. The molecule has 1 aromatic rings. The topological polar surface area (TPSA) is 59.4 Å². The fourth-order valence-corrected chi connectivity index (χ4v) is 0.967. The van der Waals surface area contributed by atoms with Crippen LogP contribution in [0.15, 0.2) is 18.3 Å². The van der Waals surface area contributed by atoms with Crippen molar-refractivity contribution in [3.63, 3.8) is 0 Å². The van der Waals surface area contributed by atoms with Gasteiger partial charge in [0.25, 0.3) is 0 Å². The van der Waals surface area contributed by atoms with Gasteiger partial charge in [-0.05, 0) is 19.1 Å². The lowest BCUT2D eigenvalue weighted by Crippen LogP contribution is -2.34. The normalized spacial score (nSPS) is 14.6. The number of nitrogens with zero attached hydrogens (tertiary/aromatic N) is 1. The minimum absolute atomic E-state index is 0.0470. The Labute approximate surface area is 80.3 Å². The number of pyridine rings is 1. The van der Waals surface area contributed by atoms with E-state index in [4.69, 9.17) is 0 Å². The van der Waals surface area contributed by atoms with Crippen LogP contribution in [0.25, 0.3) is 0 Å². The number of methoxy groups -OCH3 is 1. The molecule has 0 fully saturated rings. The predicted molar refractivity (Wildman–Crippen MR) is 45.8 cm³/mol. The van der Waals surface area contributed by atoms with E-state index in [0.29, 0.717) is 0 Å². The van der Waals surface area contributed by atoms with Gasteiger partial charge in [0, 0.05) is 0 Å². The van der Waals surface area contributed by atoms with Crippen LogP contribution in [0.5, 0.6) is 0 Å². The second-order valence-corrected chi connectivity index (χ2v) is 2.93. The summed E-state index contributed by atoms with van der Waals surface area (Å²) in [6, 6.07) is 2.34. The highest BCUT2D eigenvalue weighted by molar-refractivity contribution is 5.79. The second kappa shape index (κ2) is 3.71. The van der Waals surface area contributed by atoms with Crippen molar-refractivity contribution in [1.29, 1.82) is 0 Å². The molecular formula is C9H10FNO3. The van der Waals surface area contributed by atoms with E-state index in [0.717, 1.165) is 19.4 Å². The molecular weight excluding hydrogens is 189 g/mol. The molecule has 76 valence electrons. The van der Waals surface area contributed by atoms with Crippen molar-refractivity contribution in [3.05, 3.63) is 29.8 Å². The van der Waals surface area contributed by atoms with Crippen LogP contribution in [0.2, 0.25) is 0 Å². The summed E-state index contributed by atoms with van der Waals surface area (Å²) in [5.74, 6) is -1.37. The Morgan fingerprint density at radius 2 is 2.29 bits per heavy atom. The number of hydrogen-bond donors (Lipinski definition) is 1. The Morgan fingerprint density at radius 3 is 2.71 bits per heavy atom. The molecule has 1 atom stereocenters. The summed E-state index contributed by atoms with van der Waals surface area (Å²) in [5, 5.41) is 9.69. The van der Waals surface area contributed by atoms with Crippen molar-refractivity contribution in [2.45, 2.75) is 12.5 Å². The lowest BCUT2D eigenvalue weighted by atomic mass is 10.0. The summed E-state index contributed by atoms with van der Waals surface area (Å²) in [5.41, 5.74) is -1.80. The SMILES string of the molecule is COC(=O)C(C)(O)c1ccc(F)cn1. The molecule has 4 nitrogen and oxygen atoms in total. The van der Waals surface area contributed by atoms with Crippen LogP contribution in [0.3, 0.4) is 0 Å². The number of rotatable bonds is 2. The number of ether oxygens (including phenoxy) is 1. The van der Waals surface area contributed by atoms with Crippen molar-refractivity contribution >= 4 is 5.97 Å². The minimum atomic E-state index is -1.84. The molecule has 0 aliphatic rings. The average molecular weight is 199 g/mol. The number of carbonyl (C=O) groups is 1. The lowest BCUT2D eigenvalue weighted by molar-refractivity contribution is -0.161. The molecule has 14 heavy (non-hydrogen) atoms. The Kier molecular flexibility index (Phi) is 2.81. The van der Waals surface area contributed by atoms with Gasteiger partial charge in [-0.3, -0.25) is 4.98 Å². The van der Waals surface area contributed by atoms with Crippen molar-refractivity contribution in [3.8, 4) is 0 Å². The maximum absolute atomic E-state index is 12.5. The molecule has 5 heteroatoms. The number of esters is 1. The number of halogens is 1. The van der Waals surface area contributed by atoms with E-state index in [9.17, 15) is 14.3 Å². The highest BCUT2D eigenvalue weighted by atomic mass is 19.1. The van der Waals surface area contributed by atoms with Crippen LogP contribution in [0.1, 0.15) is 12.6 Å². The summed E-state index contributed by atoms with van der Waals surface area (Å²) < 4.78 is 16.9. The summed E-state index contributed by atoms with van der Waals surface area (Å²) in [6.07, 6.45) is 0.923. The molecule has 1 N–H and O–H groups in total. The third kappa shape index (κ3) is 1.88. The van der Waals surface area contributed by atoms with Gasteiger partial charge in [-0.15, -0.1) is 0 Å². The lowest BCUT2D eigenvalue weighted by Gasteiger charge is -2.18. The van der Waals surface area contributed by atoms with Crippen LogP contribution in [-0.4, -0.2) is 23.2 Å². The van der Waals surface area contributed by atoms with Gasteiger partial charge >= 0.3 is 5.97 Å². The fraction of sp³-hybridized carbons (Fsp3) is 0.333. The maximum atomic E-state index is 12.5. The molecule has 0 radical (unpaired) electrons. The van der Waals surface area contributed by atoms with Gasteiger partial charge in [0.15, 0.2) is 0 Å². The first kappa shape index (κ1) is 10.6. The monoisotopic (exact) mass is 199 g/mol. The first-order valence-electron chi connectivity index (χ1n) is 3.91. The van der Waals surface area contributed by atoms with Crippen molar-refractivity contribution in [2.75, 3.05) is 7.11 Å². The van der Waals surface area contributed by atoms with E-state index in [1.165, 1.54) is 13.0 Å². The fourth-order valence-electron chi connectivity index (χ4n) is 0.967. The number of aromatic nitrogens is 1. The van der Waals surface area contributed by atoms with E-state index >= 15 is 0 Å². The van der Waals surface area contributed by atoms with Crippen molar-refractivity contribution in [1.82, 2.24) is 4.98 Å². The third-order valence-electron chi connectivity index (χ3n) is 1.81. The Balaban J connectivity index is 3.03. The summed E-state index contributed by atoms with van der Waals surface area (Å²) in [4.78, 5) is 14.7. The molecule has 1 unspecified atom stereocenters. The Morgan fingerprint density at radius 1 is 1.64 bits per heavy atom. The molecule has 0 bridgehead atoms. The van der Waals surface area contributed by atoms with Crippen LogP contribution in [0, 0.1) is 5.82 Å². The molecule has 0 aromatic carbocycles. The zero-order chi connectivity index (χ0) is 10.8. The van der Waals surface area contributed by atoms with Crippen LogP contribution in [0.4, 0.5) is 4.39 Å². The quantitative estimate of drug-likeness (QED) is 0.708. The molecule has 0 spiro atoms. The van der Waals surface area contributed by atoms with Crippen LogP contribution in [-0.2, 0) is 15.1 Å². The first-order chi connectivity index (χ1) is 6.48. The van der Waals surface area contributed by atoms with Gasteiger partial charge in [-0.25, -0.2) is 9.18 Å². The molecule has 0 aliphatic carbocycles. The van der Waals surface area contributed by atoms with Gasteiger partial charge in [0.2, 0.25) is 5.60 Å². The minimum Gasteiger partial charge on any atom is -0.467 e. The van der Waals surface area contributed by atoms with Crippen LogP contribution >= 0.6 is 0 Å². The molecule has 0 amide bonds. The molecule has 1 heterocycles. The molecule has 1 rings (SSSR count). The van der Waals surface area contributed by atoms with E-state index in [-0.39, 0.29) is 5.69 Å². The largest absolute Gasteiger partial charge is 0.467 e. The number of carbonyl (C=O) groups excluding carboxylic acids is 1.